The van der Waals surface area contributed by atoms with Gasteiger partial charge in [0.1, 0.15) is 0 Å². The summed E-state index contributed by atoms with van der Waals surface area (Å²) in [5.41, 5.74) is 11.3. The number of aliphatic carboxylic acids is 1. The molecule has 2 atom stereocenters. The maximum atomic E-state index is 12.5. The number of nitrogens with two attached hydrogens (primary N) is 2. The normalized spacial score (nSPS) is 20.2. The van der Waals surface area contributed by atoms with Crippen LogP contribution in [0, 0.1) is 5.92 Å². The van der Waals surface area contributed by atoms with E-state index in [2.05, 4.69) is 15.6 Å². The van der Waals surface area contributed by atoms with Crippen LogP contribution in [0.5, 0.6) is 0 Å². The zero-order valence-electron chi connectivity index (χ0n) is 16.1. The monoisotopic (exact) mass is 487 g/mol. The second-order valence-electron chi connectivity index (χ2n) is 6.61. The first-order valence-corrected chi connectivity index (χ1v) is 10.1. The lowest BCUT2D eigenvalue weighted by atomic mass is 9.89. The van der Waals surface area contributed by atoms with Gasteiger partial charge in [-0.1, -0.05) is 46.9 Å². The second kappa shape index (κ2) is 10.5. The van der Waals surface area contributed by atoms with Crippen molar-refractivity contribution >= 4 is 64.2 Å². The van der Waals surface area contributed by atoms with E-state index in [1.54, 1.807) is 12.1 Å². The van der Waals surface area contributed by atoms with E-state index in [9.17, 15) is 14.4 Å². The number of amides is 2. The number of aliphatic imine (C=N–C) groups is 1. The number of nitrogens with one attached hydrogen (secondary N) is 2. The molecule has 0 radical (unpaired) electrons. The summed E-state index contributed by atoms with van der Waals surface area (Å²) in [5, 5.41) is 14.3. The molecule has 7 N–H and O–H groups in total. The molecule has 0 saturated carbocycles. The van der Waals surface area contributed by atoms with Crippen molar-refractivity contribution in [3.8, 4) is 0 Å². The Balaban J connectivity index is 2.05. The molecular weight excluding hydrogens is 469 g/mol. The van der Waals surface area contributed by atoms with Crippen molar-refractivity contribution in [3.05, 3.63) is 52.0 Å². The molecule has 12 heteroatoms. The number of carboxylic acids is 1. The number of carbonyl (C=O) groups is 3. The van der Waals surface area contributed by atoms with E-state index >= 15 is 0 Å². The average molecular weight is 489 g/mol. The summed E-state index contributed by atoms with van der Waals surface area (Å²) in [7, 11) is 0. The molecule has 0 bridgehead atoms. The van der Waals surface area contributed by atoms with E-state index in [1.807, 2.05) is 0 Å². The smallest absolute Gasteiger partial charge is 0.303 e. The highest BCUT2D eigenvalue weighted by Crippen LogP contribution is 2.42. The molecule has 0 saturated heterocycles. The summed E-state index contributed by atoms with van der Waals surface area (Å²) in [6.07, 6.45) is 2.77. The number of alkyl halides is 1. The number of hydrogen-bond acceptors (Lipinski definition) is 4. The first-order chi connectivity index (χ1) is 14.5. The molecule has 0 heterocycles. The fraction of sp³-hybridized carbons (Fsp3) is 0.263. The SMILES string of the molecule is NC(N)=Nc1cccc(C(=O)NCC(=O)NC2(Cl)C(Cl)=CC(Cl)=CC2CCC(=O)O)c1. The number of carbonyl (C=O) groups excluding carboxylic acids is 2. The Morgan fingerprint density at radius 3 is 2.58 bits per heavy atom. The van der Waals surface area contributed by atoms with Gasteiger partial charge in [0.25, 0.3) is 5.91 Å². The highest BCUT2D eigenvalue weighted by atomic mass is 35.5. The Morgan fingerprint density at radius 1 is 1.23 bits per heavy atom. The highest BCUT2D eigenvalue weighted by molar-refractivity contribution is 6.42. The van der Waals surface area contributed by atoms with E-state index in [1.165, 1.54) is 24.3 Å². The first-order valence-electron chi connectivity index (χ1n) is 8.96. The van der Waals surface area contributed by atoms with Gasteiger partial charge in [0.05, 0.1) is 17.3 Å². The quantitative estimate of drug-likeness (QED) is 0.163. The number of carboxylic acid groups (broad SMARTS) is 1. The summed E-state index contributed by atoms with van der Waals surface area (Å²) >= 11 is 18.8. The minimum absolute atomic E-state index is 0.0293. The minimum Gasteiger partial charge on any atom is -0.481 e. The fourth-order valence-corrected chi connectivity index (χ4v) is 3.80. The molecule has 1 aromatic carbocycles. The van der Waals surface area contributed by atoms with Crippen LogP contribution >= 0.6 is 34.8 Å². The molecule has 2 amide bonds. The van der Waals surface area contributed by atoms with Crippen LogP contribution in [0.15, 0.2) is 51.5 Å². The van der Waals surface area contributed by atoms with Crippen molar-refractivity contribution in [3.63, 3.8) is 0 Å². The third kappa shape index (κ3) is 6.88. The summed E-state index contributed by atoms with van der Waals surface area (Å²) in [4.78, 5) is 38.0. The van der Waals surface area contributed by atoms with Crippen LogP contribution in [0.3, 0.4) is 0 Å². The Kier molecular flexibility index (Phi) is 8.32. The topological polar surface area (TPSA) is 160 Å². The van der Waals surface area contributed by atoms with E-state index in [0.29, 0.717) is 5.69 Å². The molecule has 1 aromatic rings. The lowest BCUT2D eigenvalue weighted by molar-refractivity contribution is -0.137. The molecule has 2 rings (SSSR count). The molecule has 0 fully saturated rings. The van der Waals surface area contributed by atoms with E-state index in [4.69, 9.17) is 51.4 Å². The van der Waals surface area contributed by atoms with Gasteiger partial charge in [-0.3, -0.25) is 14.4 Å². The number of hydrogen-bond donors (Lipinski definition) is 5. The van der Waals surface area contributed by atoms with Crippen LogP contribution in [0.25, 0.3) is 0 Å². The van der Waals surface area contributed by atoms with Gasteiger partial charge in [-0.25, -0.2) is 4.99 Å². The molecule has 2 unspecified atom stereocenters. The summed E-state index contributed by atoms with van der Waals surface area (Å²) in [5.74, 6) is -3.04. The maximum absolute atomic E-state index is 12.5. The predicted molar refractivity (Wildman–Crippen MR) is 119 cm³/mol. The zero-order valence-corrected chi connectivity index (χ0v) is 18.3. The van der Waals surface area contributed by atoms with Crippen LogP contribution in [-0.4, -0.2) is 40.4 Å². The number of guanidine groups is 1. The molecule has 1 aliphatic rings. The molecular formula is C19H20Cl3N5O4. The van der Waals surface area contributed by atoms with Gasteiger partial charge < -0.3 is 27.2 Å². The molecule has 31 heavy (non-hydrogen) atoms. The first kappa shape index (κ1) is 24.5. The predicted octanol–water partition coefficient (Wildman–Crippen LogP) is 2.11. The van der Waals surface area contributed by atoms with Gasteiger partial charge in [-0.2, -0.15) is 0 Å². The molecule has 9 nitrogen and oxygen atoms in total. The van der Waals surface area contributed by atoms with Gasteiger partial charge in [-0.05, 0) is 30.7 Å². The fourth-order valence-electron chi connectivity index (χ4n) is 2.85. The van der Waals surface area contributed by atoms with Gasteiger partial charge in [-0.15, -0.1) is 0 Å². The van der Waals surface area contributed by atoms with Crippen molar-refractivity contribution < 1.29 is 19.5 Å². The standard InChI is InChI=1S/C19H20Cl3N5O4/c20-12-7-11(4-5-16(29)30)19(22,14(21)8-12)27-15(28)9-25-17(31)10-2-1-3-13(6-10)26-18(23)24/h1-3,6-8,11H,4-5,9H2,(H,25,31)(H,27,28)(H,29,30)(H4,23,24,26). The summed E-state index contributed by atoms with van der Waals surface area (Å²) in [6.45, 7) is -0.410. The van der Waals surface area contributed by atoms with Crippen molar-refractivity contribution in [2.24, 2.45) is 22.4 Å². The van der Waals surface area contributed by atoms with Crippen molar-refractivity contribution in [2.75, 3.05) is 6.54 Å². The third-order valence-corrected chi connectivity index (χ3v) is 5.57. The Bertz CT molecular complexity index is 975. The summed E-state index contributed by atoms with van der Waals surface area (Å²) < 4.78 is 0. The van der Waals surface area contributed by atoms with Crippen LogP contribution in [0.4, 0.5) is 5.69 Å². The van der Waals surface area contributed by atoms with Crippen LogP contribution in [0.2, 0.25) is 0 Å². The lowest BCUT2D eigenvalue weighted by Crippen LogP contribution is -2.53. The average Bonchev–Trinajstić information content (AvgIpc) is 2.67. The molecule has 166 valence electrons. The molecule has 1 aliphatic carbocycles. The Hall–Kier alpha value is -2.75. The number of nitrogens with zero attached hydrogens (tertiary/aromatic N) is 1. The Labute approximate surface area is 193 Å². The van der Waals surface area contributed by atoms with E-state index in [-0.39, 0.29) is 34.4 Å². The molecule has 0 spiro atoms. The van der Waals surface area contributed by atoms with E-state index < -0.39 is 35.2 Å². The van der Waals surface area contributed by atoms with Gasteiger partial charge in [0.2, 0.25) is 5.91 Å². The van der Waals surface area contributed by atoms with Crippen molar-refractivity contribution in [1.82, 2.24) is 10.6 Å². The number of benzene rings is 1. The zero-order chi connectivity index (χ0) is 23.2. The molecule has 0 aliphatic heterocycles. The van der Waals surface area contributed by atoms with Gasteiger partial charge >= 0.3 is 5.97 Å². The molecule has 0 aromatic heterocycles. The van der Waals surface area contributed by atoms with Crippen LogP contribution in [-0.2, 0) is 9.59 Å². The van der Waals surface area contributed by atoms with Crippen LogP contribution < -0.4 is 22.1 Å². The van der Waals surface area contributed by atoms with Crippen molar-refractivity contribution in [1.29, 1.82) is 0 Å². The maximum Gasteiger partial charge on any atom is 0.303 e. The van der Waals surface area contributed by atoms with E-state index in [0.717, 1.165) is 0 Å². The Morgan fingerprint density at radius 2 is 1.94 bits per heavy atom. The largest absolute Gasteiger partial charge is 0.481 e. The third-order valence-electron chi connectivity index (χ3n) is 4.25. The number of rotatable bonds is 8. The van der Waals surface area contributed by atoms with Crippen molar-refractivity contribution in [2.45, 2.75) is 17.8 Å². The van der Waals surface area contributed by atoms with Gasteiger partial charge in [0, 0.05) is 22.9 Å². The minimum atomic E-state index is -1.59. The highest BCUT2D eigenvalue weighted by Gasteiger charge is 2.42. The van der Waals surface area contributed by atoms with Crippen LogP contribution in [0.1, 0.15) is 23.2 Å². The summed E-state index contributed by atoms with van der Waals surface area (Å²) in [6, 6.07) is 6.16. The number of allylic oxidation sites excluding steroid dienone is 2. The second-order valence-corrected chi connectivity index (χ2v) is 8.05. The number of halogens is 3. The lowest BCUT2D eigenvalue weighted by Gasteiger charge is -2.36. The van der Waals surface area contributed by atoms with Gasteiger partial charge in [0.15, 0.2) is 11.0 Å².